The van der Waals surface area contributed by atoms with Gasteiger partial charge in [0, 0.05) is 12.1 Å². The molecule has 0 aromatic carbocycles. The van der Waals surface area contributed by atoms with Gasteiger partial charge >= 0.3 is 0 Å². The zero-order valence-corrected chi connectivity index (χ0v) is 13.5. The van der Waals surface area contributed by atoms with Gasteiger partial charge in [0.2, 0.25) is 0 Å². The number of nitrogens with two attached hydrogens (primary N) is 1. The Morgan fingerprint density at radius 1 is 0.900 bits per heavy atom. The Kier molecular flexibility index (Phi) is 4.72. The second kappa shape index (κ2) is 6.36. The highest BCUT2D eigenvalue weighted by Crippen LogP contribution is 2.44. The van der Waals surface area contributed by atoms with Crippen molar-refractivity contribution in [2.24, 2.45) is 35.3 Å². The molecule has 0 amide bonds. The first kappa shape index (κ1) is 14.8. The molecule has 1 saturated heterocycles. The molecule has 0 spiro atoms. The molecule has 1 heterocycles. The van der Waals surface area contributed by atoms with Gasteiger partial charge in [0.15, 0.2) is 0 Å². The van der Waals surface area contributed by atoms with E-state index < -0.39 is 0 Å². The summed E-state index contributed by atoms with van der Waals surface area (Å²) in [5.74, 6) is 4.66. The van der Waals surface area contributed by atoms with Crippen molar-refractivity contribution in [2.75, 3.05) is 6.54 Å². The summed E-state index contributed by atoms with van der Waals surface area (Å²) in [5.41, 5.74) is 6.40. The van der Waals surface area contributed by atoms with Gasteiger partial charge in [0.25, 0.3) is 0 Å². The van der Waals surface area contributed by atoms with Crippen LogP contribution in [0.5, 0.6) is 0 Å². The fraction of sp³-hybridized carbons (Fsp3) is 1.00. The third kappa shape index (κ3) is 3.06. The topological polar surface area (TPSA) is 38.0 Å². The van der Waals surface area contributed by atoms with Crippen LogP contribution in [0.4, 0.5) is 0 Å². The maximum Gasteiger partial charge on any atom is 0.0110 e. The minimum Gasteiger partial charge on any atom is -0.327 e. The van der Waals surface area contributed by atoms with E-state index in [1.165, 1.54) is 51.4 Å². The number of fused-ring (bicyclic) bond motifs is 1. The Hall–Kier alpha value is -0.0800. The molecule has 3 fully saturated rings. The van der Waals surface area contributed by atoms with Gasteiger partial charge in [-0.2, -0.15) is 0 Å². The molecule has 2 aliphatic carbocycles. The minimum absolute atomic E-state index is 0.469. The van der Waals surface area contributed by atoms with E-state index in [1.807, 2.05) is 0 Å². The highest BCUT2D eigenvalue weighted by Gasteiger charge is 2.39. The van der Waals surface area contributed by atoms with Crippen LogP contribution in [0.15, 0.2) is 0 Å². The van der Waals surface area contributed by atoms with E-state index in [-0.39, 0.29) is 0 Å². The summed E-state index contributed by atoms with van der Waals surface area (Å²) >= 11 is 0. The van der Waals surface area contributed by atoms with E-state index in [0.717, 1.165) is 42.2 Å². The quantitative estimate of drug-likeness (QED) is 0.810. The largest absolute Gasteiger partial charge is 0.327 e. The fourth-order valence-corrected chi connectivity index (χ4v) is 5.33. The Bertz CT molecular complexity index is 307. The van der Waals surface area contributed by atoms with Crippen LogP contribution < -0.4 is 11.1 Å². The normalized spacial score (nSPS) is 46.2. The van der Waals surface area contributed by atoms with E-state index in [2.05, 4.69) is 19.2 Å². The van der Waals surface area contributed by atoms with E-state index in [9.17, 15) is 0 Å². The van der Waals surface area contributed by atoms with Crippen LogP contribution in [0.25, 0.3) is 0 Å². The average Bonchev–Trinajstić information content (AvgIpc) is 2.47. The highest BCUT2D eigenvalue weighted by atomic mass is 15.0. The van der Waals surface area contributed by atoms with Crippen molar-refractivity contribution in [2.45, 2.75) is 77.3 Å². The number of hydrogen-bond acceptors (Lipinski definition) is 2. The van der Waals surface area contributed by atoms with Crippen LogP contribution in [0, 0.1) is 29.6 Å². The van der Waals surface area contributed by atoms with Crippen molar-refractivity contribution >= 4 is 0 Å². The second-order valence-electron chi connectivity index (χ2n) is 8.17. The lowest BCUT2D eigenvalue weighted by Crippen LogP contribution is -2.54. The summed E-state index contributed by atoms with van der Waals surface area (Å²) in [7, 11) is 0. The molecule has 3 N–H and O–H groups in total. The average molecular weight is 278 g/mol. The van der Waals surface area contributed by atoms with Crippen LogP contribution in [0.1, 0.15) is 65.2 Å². The van der Waals surface area contributed by atoms with Crippen molar-refractivity contribution in [1.82, 2.24) is 5.32 Å². The molecule has 4 atom stereocenters. The minimum atomic E-state index is 0.469. The molecule has 4 unspecified atom stereocenters. The van der Waals surface area contributed by atoms with Gasteiger partial charge in [0.1, 0.15) is 0 Å². The van der Waals surface area contributed by atoms with Crippen molar-refractivity contribution in [3.63, 3.8) is 0 Å². The van der Waals surface area contributed by atoms with Gasteiger partial charge in [-0.05, 0) is 87.5 Å². The Morgan fingerprint density at radius 2 is 1.60 bits per heavy atom. The third-order valence-electron chi connectivity index (χ3n) is 6.80. The molecular weight excluding hydrogens is 244 g/mol. The van der Waals surface area contributed by atoms with Crippen molar-refractivity contribution < 1.29 is 0 Å². The highest BCUT2D eigenvalue weighted by molar-refractivity contribution is 4.95. The van der Waals surface area contributed by atoms with Gasteiger partial charge in [-0.3, -0.25) is 0 Å². The van der Waals surface area contributed by atoms with E-state index >= 15 is 0 Å². The predicted molar refractivity (Wildman–Crippen MR) is 85.5 cm³/mol. The smallest absolute Gasteiger partial charge is 0.0110 e. The Balaban J connectivity index is 1.54. The summed E-state index contributed by atoms with van der Waals surface area (Å²) in [6, 6.07) is 1.21. The van der Waals surface area contributed by atoms with Crippen molar-refractivity contribution in [3.05, 3.63) is 0 Å². The lowest BCUT2D eigenvalue weighted by atomic mass is 9.64. The van der Waals surface area contributed by atoms with Gasteiger partial charge < -0.3 is 11.1 Å². The standard InChI is InChI=1S/C18H34N2/c1-12(2)13-3-5-14(6-4-13)15-7-8-18-16(11-15)17(19)9-10-20-18/h12-18,20H,3-11,19H2,1-2H3. The first-order chi connectivity index (χ1) is 9.65. The van der Waals surface area contributed by atoms with E-state index in [0.29, 0.717) is 6.04 Å². The number of hydrogen-bond donors (Lipinski definition) is 2. The van der Waals surface area contributed by atoms with Crippen molar-refractivity contribution in [3.8, 4) is 0 Å². The van der Waals surface area contributed by atoms with Gasteiger partial charge in [-0.25, -0.2) is 0 Å². The first-order valence-electron chi connectivity index (χ1n) is 9.14. The summed E-state index contributed by atoms with van der Waals surface area (Å²) in [5, 5.41) is 3.72. The molecule has 2 saturated carbocycles. The van der Waals surface area contributed by atoms with Crippen LogP contribution in [-0.4, -0.2) is 18.6 Å². The molecule has 0 bridgehead atoms. The summed E-state index contributed by atoms with van der Waals surface area (Å²) < 4.78 is 0. The molecule has 0 aromatic heterocycles. The molecule has 2 nitrogen and oxygen atoms in total. The predicted octanol–water partition coefficient (Wildman–Crippen LogP) is 3.55. The maximum absolute atomic E-state index is 6.40. The number of piperidine rings is 1. The molecule has 116 valence electrons. The van der Waals surface area contributed by atoms with Gasteiger partial charge in [-0.1, -0.05) is 13.8 Å². The number of rotatable bonds is 2. The molecule has 0 radical (unpaired) electrons. The third-order valence-corrected chi connectivity index (χ3v) is 6.80. The zero-order valence-electron chi connectivity index (χ0n) is 13.5. The van der Waals surface area contributed by atoms with Gasteiger partial charge in [0.05, 0.1) is 0 Å². The molecular formula is C18H34N2. The summed E-state index contributed by atoms with van der Waals surface area (Å²) in [6.07, 6.45) is 11.4. The maximum atomic E-state index is 6.40. The lowest BCUT2D eigenvalue weighted by molar-refractivity contribution is 0.0837. The second-order valence-corrected chi connectivity index (χ2v) is 8.17. The van der Waals surface area contributed by atoms with Crippen molar-refractivity contribution in [1.29, 1.82) is 0 Å². The van der Waals surface area contributed by atoms with Crippen LogP contribution in [-0.2, 0) is 0 Å². The zero-order chi connectivity index (χ0) is 14.1. The molecule has 2 heteroatoms. The summed E-state index contributed by atoms with van der Waals surface area (Å²) in [4.78, 5) is 0. The van der Waals surface area contributed by atoms with Crippen LogP contribution in [0.2, 0.25) is 0 Å². The van der Waals surface area contributed by atoms with Gasteiger partial charge in [-0.15, -0.1) is 0 Å². The molecule has 3 rings (SSSR count). The first-order valence-corrected chi connectivity index (χ1v) is 9.14. The molecule has 1 aliphatic heterocycles. The van der Waals surface area contributed by atoms with Crippen LogP contribution in [0.3, 0.4) is 0 Å². The Labute approximate surface area is 125 Å². The fourth-order valence-electron chi connectivity index (χ4n) is 5.33. The van der Waals surface area contributed by atoms with E-state index in [4.69, 9.17) is 5.73 Å². The molecule has 3 aliphatic rings. The molecule has 20 heavy (non-hydrogen) atoms. The number of nitrogens with one attached hydrogen (secondary N) is 1. The van der Waals surface area contributed by atoms with E-state index in [1.54, 1.807) is 0 Å². The monoisotopic (exact) mass is 278 g/mol. The lowest BCUT2D eigenvalue weighted by Gasteiger charge is -2.46. The Morgan fingerprint density at radius 3 is 2.30 bits per heavy atom. The van der Waals surface area contributed by atoms with Crippen LogP contribution >= 0.6 is 0 Å². The summed E-state index contributed by atoms with van der Waals surface area (Å²) in [6.45, 7) is 5.96. The SMILES string of the molecule is CC(C)C1CCC(C2CCC3NCCC(N)C3C2)CC1. The molecule has 0 aromatic rings.